The van der Waals surface area contributed by atoms with Gasteiger partial charge in [0.2, 0.25) is 0 Å². The number of aliphatic hydroxyl groups excluding tert-OH is 1. The summed E-state index contributed by atoms with van der Waals surface area (Å²) in [7, 11) is 0. The number of alkyl halides is 9. The molecule has 0 radical (unpaired) electrons. The van der Waals surface area contributed by atoms with Crippen LogP contribution in [0.5, 0.6) is 11.5 Å². The van der Waals surface area contributed by atoms with E-state index in [1.807, 2.05) is 13.8 Å². The Bertz CT molecular complexity index is 1150. The highest BCUT2D eigenvalue weighted by atomic mass is 19.4. The van der Waals surface area contributed by atoms with Crippen molar-refractivity contribution >= 4 is 5.69 Å². The van der Waals surface area contributed by atoms with Gasteiger partial charge in [0.05, 0.1) is 6.54 Å². The van der Waals surface area contributed by atoms with Crippen molar-refractivity contribution in [2.75, 3.05) is 11.4 Å². The van der Waals surface area contributed by atoms with Crippen molar-refractivity contribution in [3.05, 3.63) is 90.0 Å². The van der Waals surface area contributed by atoms with Gasteiger partial charge in [-0.05, 0) is 35.4 Å². The minimum absolute atomic E-state index is 0.0883. The molecule has 214 valence electrons. The number of hydrogen-bond acceptors (Lipinski definition) is 3. The van der Waals surface area contributed by atoms with Crippen LogP contribution in [-0.2, 0) is 6.54 Å². The van der Waals surface area contributed by atoms with Crippen molar-refractivity contribution in [2.45, 2.75) is 50.9 Å². The predicted molar refractivity (Wildman–Crippen MR) is 129 cm³/mol. The van der Waals surface area contributed by atoms with Crippen LogP contribution in [0.1, 0.15) is 30.9 Å². The zero-order valence-electron chi connectivity index (χ0n) is 20.8. The molecule has 0 unspecified atom stereocenters. The predicted octanol–water partition coefficient (Wildman–Crippen LogP) is 8.64. The highest BCUT2D eigenvalue weighted by Crippen LogP contribution is 2.46. The van der Waals surface area contributed by atoms with Gasteiger partial charge < -0.3 is 14.7 Å². The van der Waals surface area contributed by atoms with Gasteiger partial charge in [-0.3, -0.25) is 0 Å². The summed E-state index contributed by atoms with van der Waals surface area (Å²) < 4.78 is 124. The summed E-state index contributed by atoms with van der Waals surface area (Å²) in [5.41, 5.74) is -1.14. The fourth-order valence-electron chi connectivity index (χ4n) is 3.60. The molecule has 0 saturated heterocycles. The van der Waals surface area contributed by atoms with Crippen LogP contribution in [0.3, 0.4) is 0 Å². The zero-order chi connectivity index (χ0) is 29.4. The first-order chi connectivity index (χ1) is 18.1. The summed E-state index contributed by atoms with van der Waals surface area (Å²) in [4.78, 5) is 0.991. The van der Waals surface area contributed by atoms with Crippen LogP contribution in [0, 0.1) is 0 Å². The third-order valence-corrected chi connectivity index (χ3v) is 5.25. The van der Waals surface area contributed by atoms with E-state index in [1.165, 1.54) is 30.3 Å². The molecule has 0 aliphatic heterocycles. The van der Waals surface area contributed by atoms with Crippen molar-refractivity contribution in [1.29, 1.82) is 0 Å². The van der Waals surface area contributed by atoms with Crippen LogP contribution in [-0.4, -0.2) is 36.3 Å². The van der Waals surface area contributed by atoms with Crippen LogP contribution in [0.2, 0.25) is 0 Å². The van der Waals surface area contributed by atoms with Gasteiger partial charge in [0, 0.05) is 18.3 Å². The van der Waals surface area contributed by atoms with E-state index >= 15 is 0 Å². The smallest absolute Gasteiger partial charge is 0.416 e. The minimum atomic E-state index is -5.63. The van der Waals surface area contributed by atoms with E-state index in [4.69, 9.17) is 4.74 Å². The number of anilines is 1. The maximum Gasteiger partial charge on any atom is 0.416 e. The molecule has 3 rings (SSSR count). The van der Waals surface area contributed by atoms with E-state index in [2.05, 4.69) is 0 Å². The number of hydrogen-bond donors (Lipinski definition) is 1. The van der Waals surface area contributed by atoms with Gasteiger partial charge in [-0.15, -0.1) is 0 Å². The average molecular weight is 567 g/mol. The Hall–Kier alpha value is -3.41. The second-order valence-electron chi connectivity index (χ2n) is 8.11. The van der Waals surface area contributed by atoms with E-state index in [-0.39, 0.29) is 17.0 Å². The molecule has 3 nitrogen and oxygen atoms in total. The van der Waals surface area contributed by atoms with E-state index in [9.17, 15) is 44.6 Å². The minimum Gasteiger partial charge on any atom is -0.457 e. The zero-order valence-corrected chi connectivity index (χ0v) is 20.8. The molecule has 1 N–H and O–H groups in total. The number of benzene rings is 3. The molecule has 0 heterocycles. The van der Waals surface area contributed by atoms with Crippen LogP contribution >= 0.6 is 0 Å². The fourth-order valence-corrected chi connectivity index (χ4v) is 3.60. The third kappa shape index (κ3) is 9.38. The molecule has 1 atom stereocenters. The Kier molecular flexibility index (Phi) is 10.7. The summed E-state index contributed by atoms with van der Waals surface area (Å²) >= 11 is 0. The number of aliphatic hydroxyl groups is 1. The summed E-state index contributed by atoms with van der Waals surface area (Å²) in [6.45, 7) is 2.43. The van der Waals surface area contributed by atoms with Crippen LogP contribution in [0.4, 0.5) is 45.2 Å². The van der Waals surface area contributed by atoms with Crippen molar-refractivity contribution in [3.63, 3.8) is 0 Å². The van der Waals surface area contributed by atoms with Crippen molar-refractivity contribution in [3.8, 4) is 11.5 Å². The Morgan fingerprint density at radius 2 is 1.26 bits per heavy atom. The molecular weight excluding hydrogens is 541 g/mol. The summed E-state index contributed by atoms with van der Waals surface area (Å²) in [5, 5.41) is 9.66. The maximum absolute atomic E-state index is 13.2. The fraction of sp³-hybridized carbons (Fsp3) is 0.333. The van der Waals surface area contributed by atoms with Crippen LogP contribution < -0.4 is 9.64 Å². The second-order valence-corrected chi connectivity index (χ2v) is 8.11. The lowest BCUT2D eigenvalue weighted by Gasteiger charge is -2.29. The number of nitrogens with zero attached hydrogens (tertiary/aromatic N) is 1. The molecule has 0 amide bonds. The molecule has 3 aromatic carbocycles. The molecule has 0 fully saturated rings. The molecule has 0 aliphatic carbocycles. The SMILES string of the molecule is CC.O[C@H](CN(Cc1cccc(C(C(F)(F)F)C(F)(F)F)c1)c1cccc(Oc2ccccc2)c1)C(F)(F)F. The van der Waals surface area contributed by atoms with Gasteiger partial charge in [0.15, 0.2) is 12.0 Å². The summed E-state index contributed by atoms with van der Waals surface area (Å²) in [5.74, 6) is -3.14. The quantitative estimate of drug-likeness (QED) is 0.277. The van der Waals surface area contributed by atoms with Crippen molar-refractivity contribution in [2.24, 2.45) is 0 Å². The monoisotopic (exact) mass is 567 g/mol. The van der Waals surface area contributed by atoms with Crippen molar-refractivity contribution in [1.82, 2.24) is 0 Å². The topological polar surface area (TPSA) is 32.7 Å². The van der Waals surface area contributed by atoms with E-state index in [0.29, 0.717) is 17.9 Å². The first kappa shape index (κ1) is 31.8. The van der Waals surface area contributed by atoms with Gasteiger partial charge in [-0.25, -0.2) is 0 Å². The first-order valence-corrected chi connectivity index (χ1v) is 11.7. The highest BCUT2D eigenvalue weighted by molar-refractivity contribution is 5.52. The largest absolute Gasteiger partial charge is 0.457 e. The second kappa shape index (κ2) is 13.1. The molecule has 0 saturated carbocycles. The maximum atomic E-state index is 13.2. The number of rotatable bonds is 8. The first-order valence-electron chi connectivity index (χ1n) is 11.7. The van der Waals surface area contributed by atoms with E-state index in [1.54, 1.807) is 30.3 Å². The molecule has 39 heavy (non-hydrogen) atoms. The van der Waals surface area contributed by atoms with E-state index < -0.39 is 49.2 Å². The number of halogens is 9. The lowest BCUT2D eigenvalue weighted by molar-refractivity contribution is -0.253. The van der Waals surface area contributed by atoms with Gasteiger partial charge in [0.1, 0.15) is 11.5 Å². The van der Waals surface area contributed by atoms with Gasteiger partial charge in [-0.2, -0.15) is 39.5 Å². The average Bonchev–Trinajstić information content (AvgIpc) is 2.83. The Balaban J connectivity index is 0.00000260. The molecule has 0 spiro atoms. The molecule has 0 aromatic heterocycles. The van der Waals surface area contributed by atoms with Crippen molar-refractivity contribution < 1.29 is 49.4 Å². The van der Waals surface area contributed by atoms with Gasteiger partial charge in [-0.1, -0.05) is 62.4 Å². The lowest BCUT2D eigenvalue weighted by Crippen LogP contribution is -2.41. The Morgan fingerprint density at radius 1 is 0.692 bits per heavy atom. The highest BCUT2D eigenvalue weighted by Gasteiger charge is 2.57. The van der Waals surface area contributed by atoms with Crippen LogP contribution in [0.15, 0.2) is 78.9 Å². The standard InChI is InChI=1S/C25H20F9NO2.C2H6/c26-23(27,28)21(36)15-35(18-8-5-11-20(13-18)37-19-9-2-1-3-10-19)14-16-6-4-7-17(12-16)22(24(29,30)31)25(32,33)34;1-2/h1-13,21-22,36H,14-15H2;1-2H3/t21-;/m1./s1. The summed E-state index contributed by atoms with van der Waals surface area (Å²) in [6, 6.07) is 17.5. The molecule has 3 aromatic rings. The number of para-hydroxylation sites is 1. The number of ether oxygens (including phenoxy) is 1. The van der Waals surface area contributed by atoms with Crippen LogP contribution in [0.25, 0.3) is 0 Å². The van der Waals surface area contributed by atoms with Gasteiger partial charge >= 0.3 is 18.5 Å². The summed E-state index contributed by atoms with van der Waals surface area (Å²) in [6.07, 6.45) is -19.1. The normalized spacial score (nSPS) is 12.9. The van der Waals surface area contributed by atoms with Gasteiger partial charge in [0.25, 0.3) is 0 Å². The van der Waals surface area contributed by atoms with E-state index in [0.717, 1.165) is 11.0 Å². The molecule has 0 bridgehead atoms. The lowest BCUT2D eigenvalue weighted by atomic mass is 9.96. The molecule has 12 heteroatoms. The Labute approximate surface area is 219 Å². The third-order valence-electron chi connectivity index (χ3n) is 5.25. The molecule has 0 aliphatic rings. The Morgan fingerprint density at radius 3 is 1.82 bits per heavy atom. The molecular formula is C27H26F9NO2.